The third-order valence-electron chi connectivity index (χ3n) is 3.05. The summed E-state index contributed by atoms with van der Waals surface area (Å²) >= 11 is 0. The fourth-order valence-electron chi connectivity index (χ4n) is 1.94. The highest BCUT2D eigenvalue weighted by Crippen LogP contribution is 2.33. The van der Waals surface area contributed by atoms with Crippen molar-refractivity contribution in [2.75, 3.05) is 0 Å². The van der Waals surface area contributed by atoms with Gasteiger partial charge in [-0.1, -0.05) is 0 Å². The van der Waals surface area contributed by atoms with Crippen LogP contribution in [0.25, 0.3) is 5.82 Å². The van der Waals surface area contributed by atoms with Crippen molar-refractivity contribution in [2.45, 2.75) is 31.6 Å². The van der Waals surface area contributed by atoms with Gasteiger partial charge in [-0.05, 0) is 25.0 Å². The summed E-state index contributed by atoms with van der Waals surface area (Å²) in [6.07, 6.45) is 0.163. The molecule has 1 fully saturated rings. The second-order valence-electron chi connectivity index (χ2n) is 4.67. The minimum atomic E-state index is -4.49. The zero-order valence-corrected chi connectivity index (χ0v) is 10.4. The van der Waals surface area contributed by atoms with Crippen LogP contribution in [0.5, 0.6) is 0 Å². The van der Waals surface area contributed by atoms with E-state index in [1.165, 1.54) is 24.5 Å². The summed E-state index contributed by atoms with van der Waals surface area (Å²) in [5.74, 6) is 0.0532. The molecule has 2 heterocycles. The Morgan fingerprint density at radius 2 is 2.15 bits per heavy atom. The molecule has 0 bridgehead atoms. The van der Waals surface area contributed by atoms with Crippen molar-refractivity contribution in [2.24, 2.45) is 0 Å². The predicted octanol–water partition coefficient (Wildman–Crippen LogP) is 1.93. The van der Waals surface area contributed by atoms with E-state index in [9.17, 15) is 13.2 Å². The molecule has 0 spiro atoms. The maximum atomic E-state index is 13.2. The van der Waals surface area contributed by atoms with Crippen molar-refractivity contribution in [1.29, 1.82) is 0 Å². The molecule has 20 heavy (non-hydrogen) atoms. The predicted molar refractivity (Wildman–Crippen MR) is 64.0 cm³/mol. The van der Waals surface area contributed by atoms with E-state index in [1.54, 1.807) is 0 Å². The molecule has 0 saturated heterocycles. The summed E-state index contributed by atoms with van der Waals surface area (Å²) in [4.78, 5) is 0. The van der Waals surface area contributed by atoms with Crippen LogP contribution in [-0.4, -0.2) is 26.0 Å². The van der Waals surface area contributed by atoms with E-state index in [4.69, 9.17) is 0 Å². The first kappa shape index (κ1) is 13.0. The molecule has 1 aliphatic carbocycles. The van der Waals surface area contributed by atoms with Gasteiger partial charge in [0.25, 0.3) is 0 Å². The lowest BCUT2D eigenvalue weighted by Crippen LogP contribution is -2.21. The zero-order valence-electron chi connectivity index (χ0n) is 10.4. The average molecular weight is 283 g/mol. The van der Waals surface area contributed by atoms with E-state index in [-0.39, 0.29) is 17.9 Å². The molecule has 0 atom stereocenters. The van der Waals surface area contributed by atoms with E-state index >= 15 is 0 Å². The molecule has 1 N–H and O–H groups in total. The van der Waals surface area contributed by atoms with Crippen LogP contribution in [0.15, 0.2) is 24.5 Å². The maximum absolute atomic E-state index is 13.2. The Morgan fingerprint density at radius 3 is 2.75 bits per heavy atom. The zero-order chi connectivity index (χ0) is 14.2. The van der Waals surface area contributed by atoms with E-state index in [0.717, 1.165) is 17.5 Å². The molecule has 1 aliphatic rings. The van der Waals surface area contributed by atoms with Gasteiger partial charge in [0, 0.05) is 24.3 Å². The number of hydrogen-bond acceptors (Lipinski definition) is 4. The van der Waals surface area contributed by atoms with Gasteiger partial charge >= 0.3 is 6.18 Å². The molecule has 0 unspecified atom stereocenters. The Balaban J connectivity index is 1.97. The lowest BCUT2D eigenvalue weighted by Gasteiger charge is -2.12. The van der Waals surface area contributed by atoms with Crippen LogP contribution in [0, 0.1) is 0 Å². The lowest BCUT2D eigenvalue weighted by molar-refractivity contribution is -0.143. The van der Waals surface area contributed by atoms with Crippen LogP contribution in [0.4, 0.5) is 13.2 Å². The van der Waals surface area contributed by atoms with Crippen LogP contribution in [0.2, 0.25) is 0 Å². The van der Waals surface area contributed by atoms with E-state index in [1.807, 2.05) is 0 Å². The fraction of sp³-hybridized carbons (Fsp3) is 0.417. The van der Waals surface area contributed by atoms with E-state index in [0.29, 0.717) is 6.04 Å². The average Bonchev–Trinajstić information content (AvgIpc) is 3.14. The topological polar surface area (TPSA) is 55.6 Å². The van der Waals surface area contributed by atoms with Crippen LogP contribution in [-0.2, 0) is 12.7 Å². The first-order valence-corrected chi connectivity index (χ1v) is 6.21. The number of hydrogen-bond donors (Lipinski definition) is 1. The van der Waals surface area contributed by atoms with Gasteiger partial charge in [-0.3, -0.25) is 0 Å². The normalized spacial score (nSPS) is 15.6. The number of rotatable bonds is 4. The summed E-state index contributed by atoms with van der Waals surface area (Å²) in [6, 6.07) is 3.29. The standard InChI is InChI=1S/C12H12F3N5/c13-12(14,15)11-8(6-16-9-3-4-9)7-18-20(11)10-2-1-5-17-19-10/h1-2,5,7,9,16H,3-4,6H2. The number of nitrogens with zero attached hydrogens (tertiary/aromatic N) is 4. The van der Waals surface area contributed by atoms with Gasteiger partial charge < -0.3 is 5.32 Å². The van der Waals surface area contributed by atoms with E-state index < -0.39 is 11.9 Å². The third kappa shape index (κ3) is 2.64. The second-order valence-corrected chi connectivity index (χ2v) is 4.67. The first-order chi connectivity index (χ1) is 9.55. The summed E-state index contributed by atoms with van der Waals surface area (Å²) in [6.45, 7) is 0.153. The first-order valence-electron chi connectivity index (χ1n) is 6.21. The van der Waals surface area contributed by atoms with Gasteiger partial charge in [-0.25, -0.2) is 4.68 Å². The SMILES string of the molecule is FC(F)(F)c1c(CNC2CC2)cnn1-c1cccnn1. The maximum Gasteiger partial charge on any atom is 0.433 e. The van der Waals surface area contributed by atoms with Crippen molar-refractivity contribution in [3.8, 4) is 5.82 Å². The van der Waals surface area contributed by atoms with Gasteiger partial charge in [-0.15, -0.1) is 5.10 Å². The summed E-state index contributed by atoms with van der Waals surface area (Å²) in [5.41, 5.74) is -0.679. The highest BCUT2D eigenvalue weighted by Gasteiger charge is 2.39. The lowest BCUT2D eigenvalue weighted by atomic mass is 10.2. The molecule has 0 radical (unpaired) electrons. The Labute approximate surface area is 112 Å². The number of nitrogens with one attached hydrogen (secondary N) is 1. The summed E-state index contributed by atoms with van der Waals surface area (Å²) in [7, 11) is 0. The molecule has 3 rings (SSSR count). The van der Waals surface area contributed by atoms with Crippen LogP contribution in [0.3, 0.4) is 0 Å². The summed E-state index contributed by atoms with van der Waals surface area (Å²) < 4.78 is 40.5. The minimum absolute atomic E-state index is 0.0532. The molecule has 2 aromatic rings. The van der Waals surface area contributed by atoms with Gasteiger partial charge in [0.1, 0.15) is 0 Å². The fourth-order valence-corrected chi connectivity index (χ4v) is 1.94. The molecule has 1 saturated carbocycles. The molecule has 106 valence electrons. The van der Waals surface area contributed by atoms with Crippen molar-refractivity contribution in [3.63, 3.8) is 0 Å². The summed E-state index contributed by atoms with van der Waals surface area (Å²) in [5, 5.41) is 14.1. The highest BCUT2D eigenvalue weighted by atomic mass is 19.4. The molecule has 2 aromatic heterocycles. The molecular weight excluding hydrogens is 271 g/mol. The second kappa shape index (κ2) is 4.86. The van der Waals surface area contributed by atoms with Crippen molar-refractivity contribution in [1.82, 2.24) is 25.3 Å². The van der Waals surface area contributed by atoms with Crippen molar-refractivity contribution >= 4 is 0 Å². The minimum Gasteiger partial charge on any atom is -0.310 e. The molecule has 8 heteroatoms. The van der Waals surface area contributed by atoms with Crippen LogP contribution >= 0.6 is 0 Å². The van der Waals surface area contributed by atoms with Crippen molar-refractivity contribution < 1.29 is 13.2 Å². The number of alkyl halides is 3. The quantitative estimate of drug-likeness (QED) is 0.931. The third-order valence-corrected chi connectivity index (χ3v) is 3.05. The van der Waals surface area contributed by atoms with Crippen LogP contribution in [0.1, 0.15) is 24.1 Å². The smallest absolute Gasteiger partial charge is 0.310 e. The Kier molecular flexibility index (Phi) is 3.17. The molecule has 0 aromatic carbocycles. The van der Waals surface area contributed by atoms with Gasteiger partial charge in [0.2, 0.25) is 0 Å². The largest absolute Gasteiger partial charge is 0.433 e. The van der Waals surface area contributed by atoms with E-state index in [2.05, 4.69) is 20.6 Å². The Morgan fingerprint density at radius 1 is 1.35 bits per heavy atom. The molecule has 0 amide bonds. The van der Waals surface area contributed by atoms with Crippen molar-refractivity contribution in [3.05, 3.63) is 35.8 Å². The van der Waals surface area contributed by atoms with Gasteiger partial charge in [0.05, 0.1) is 6.20 Å². The highest BCUT2D eigenvalue weighted by molar-refractivity contribution is 5.30. The number of halogens is 3. The van der Waals surface area contributed by atoms with Gasteiger partial charge in [-0.2, -0.15) is 23.4 Å². The van der Waals surface area contributed by atoms with Crippen LogP contribution < -0.4 is 5.32 Å². The molecule has 5 nitrogen and oxygen atoms in total. The number of aromatic nitrogens is 4. The molecular formula is C12H12F3N5. The Hall–Kier alpha value is -1.96. The monoisotopic (exact) mass is 283 g/mol. The Bertz CT molecular complexity index is 589. The van der Waals surface area contributed by atoms with Gasteiger partial charge in [0.15, 0.2) is 11.5 Å². The molecule has 0 aliphatic heterocycles.